The van der Waals surface area contributed by atoms with E-state index in [1.54, 1.807) is 14.2 Å². The maximum absolute atomic E-state index is 5.20. The Kier molecular flexibility index (Phi) is 5.43. The molecule has 1 rings (SSSR count). The standard InChI is InChI=1S/C13H19NO2/c1-14-7-5-4-6-11-8-12(15-2)10-13(9-11)16-3/h4,6,8-10,14H,5,7H2,1-3H3. The Labute approximate surface area is 97.1 Å². The van der Waals surface area contributed by atoms with Crippen molar-refractivity contribution in [2.24, 2.45) is 0 Å². The van der Waals surface area contributed by atoms with Crippen LogP contribution in [0.2, 0.25) is 0 Å². The van der Waals surface area contributed by atoms with Crippen LogP contribution in [0.5, 0.6) is 11.5 Å². The van der Waals surface area contributed by atoms with Crippen molar-refractivity contribution in [1.29, 1.82) is 0 Å². The number of benzene rings is 1. The maximum Gasteiger partial charge on any atom is 0.123 e. The fourth-order valence-electron chi connectivity index (χ4n) is 1.37. The van der Waals surface area contributed by atoms with E-state index in [9.17, 15) is 0 Å². The van der Waals surface area contributed by atoms with Gasteiger partial charge in [0, 0.05) is 6.07 Å². The molecule has 0 saturated carbocycles. The van der Waals surface area contributed by atoms with E-state index in [4.69, 9.17) is 9.47 Å². The number of rotatable bonds is 6. The lowest BCUT2D eigenvalue weighted by atomic mass is 10.1. The van der Waals surface area contributed by atoms with Gasteiger partial charge < -0.3 is 14.8 Å². The van der Waals surface area contributed by atoms with Gasteiger partial charge >= 0.3 is 0 Å². The molecule has 16 heavy (non-hydrogen) atoms. The molecule has 0 aliphatic heterocycles. The van der Waals surface area contributed by atoms with Crippen molar-refractivity contribution in [3.8, 4) is 11.5 Å². The third-order valence-electron chi connectivity index (χ3n) is 2.25. The zero-order chi connectivity index (χ0) is 11.8. The SMILES string of the molecule is CNCCC=Cc1cc(OC)cc(OC)c1. The van der Waals surface area contributed by atoms with Crippen LogP contribution in [0.15, 0.2) is 24.3 Å². The monoisotopic (exact) mass is 221 g/mol. The van der Waals surface area contributed by atoms with E-state index in [1.807, 2.05) is 25.2 Å². The van der Waals surface area contributed by atoms with Crippen LogP contribution in [-0.4, -0.2) is 27.8 Å². The highest BCUT2D eigenvalue weighted by Gasteiger charge is 1.98. The molecular weight excluding hydrogens is 202 g/mol. The van der Waals surface area contributed by atoms with Crippen LogP contribution in [0.25, 0.3) is 6.08 Å². The molecule has 0 amide bonds. The summed E-state index contributed by atoms with van der Waals surface area (Å²) in [5.74, 6) is 1.63. The molecule has 0 unspecified atom stereocenters. The van der Waals surface area contributed by atoms with Gasteiger partial charge in [-0.1, -0.05) is 12.2 Å². The molecule has 1 aromatic carbocycles. The molecule has 0 atom stereocenters. The summed E-state index contributed by atoms with van der Waals surface area (Å²) in [5, 5.41) is 3.10. The molecule has 0 bridgehead atoms. The van der Waals surface area contributed by atoms with Crippen molar-refractivity contribution in [2.45, 2.75) is 6.42 Å². The topological polar surface area (TPSA) is 30.5 Å². The molecule has 0 radical (unpaired) electrons. The number of methoxy groups -OCH3 is 2. The molecule has 1 aromatic rings. The van der Waals surface area contributed by atoms with Gasteiger partial charge in [-0.15, -0.1) is 0 Å². The average molecular weight is 221 g/mol. The summed E-state index contributed by atoms with van der Waals surface area (Å²) in [5.41, 5.74) is 1.09. The van der Waals surface area contributed by atoms with Gasteiger partial charge in [-0.25, -0.2) is 0 Å². The normalized spacial score (nSPS) is 10.7. The van der Waals surface area contributed by atoms with Crippen molar-refractivity contribution >= 4 is 6.08 Å². The van der Waals surface area contributed by atoms with Gasteiger partial charge in [0.25, 0.3) is 0 Å². The van der Waals surface area contributed by atoms with Crippen molar-refractivity contribution in [1.82, 2.24) is 5.32 Å². The summed E-state index contributed by atoms with van der Waals surface area (Å²) in [6, 6.07) is 5.84. The predicted molar refractivity (Wildman–Crippen MR) is 67.1 cm³/mol. The number of nitrogens with one attached hydrogen (secondary N) is 1. The van der Waals surface area contributed by atoms with E-state index < -0.39 is 0 Å². The van der Waals surface area contributed by atoms with Crippen molar-refractivity contribution in [3.05, 3.63) is 29.8 Å². The Bertz CT molecular complexity index is 326. The molecule has 0 aliphatic rings. The molecule has 0 aromatic heterocycles. The molecule has 1 N–H and O–H groups in total. The summed E-state index contributed by atoms with van der Waals surface area (Å²) in [4.78, 5) is 0. The minimum Gasteiger partial charge on any atom is -0.497 e. The second-order valence-corrected chi connectivity index (χ2v) is 3.44. The summed E-state index contributed by atoms with van der Waals surface area (Å²) in [6.07, 6.45) is 5.21. The molecule has 3 heteroatoms. The summed E-state index contributed by atoms with van der Waals surface area (Å²) in [7, 11) is 5.26. The lowest BCUT2D eigenvalue weighted by molar-refractivity contribution is 0.394. The zero-order valence-corrected chi connectivity index (χ0v) is 10.1. The second kappa shape index (κ2) is 6.90. The maximum atomic E-state index is 5.20. The Morgan fingerprint density at radius 1 is 1.12 bits per heavy atom. The fourth-order valence-corrected chi connectivity index (χ4v) is 1.37. The summed E-state index contributed by atoms with van der Waals surface area (Å²) < 4.78 is 10.4. The van der Waals surface area contributed by atoms with E-state index in [0.717, 1.165) is 30.0 Å². The second-order valence-electron chi connectivity index (χ2n) is 3.44. The first-order valence-corrected chi connectivity index (χ1v) is 5.34. The molecule has 0 aliphatic carbocycles. The third-order valence-corrected chi connectivity index (χ3v) is 2.25. The van der Waals surface area contributed by atoms with Gasteiger partial charge in [0.05, 0.1) is 14.2 Å². The van der Waals surface area contributed by atoms with Crippen molar-refractivity contribution in [3.63, 3.8) is 0 Å². The molecule has 88 valence electrons. The number of hydrogen-bond acceptors (Lipinski definition) is 3. The highest BCUT2D eigenvalue weighted by atomic mass is 16.5. The lowest BCUT2D eigenvalue weighted by Gasteiger charge is -2.05. The average Bonchev–Trinajstić information content (AvgIpc) is 2.34. The molecule has 0 spiro atoms. The molecule has 0 heterocycles. The molecule has 3 nitrogen and oxygen atoms in total. The van der Waals surface area contributed by atoms with Crippen LogP contribution < -0.4 is 14.8 Å². The third kappa shape index (κ3) is 3.95. The Balaban J connectivity index is 2.74. The van der Waals surface area contributed by atoms with Crippen LogP contribution in [0.3, 0.4) is 0 Å². The van der Waals surface area contributed by atoms with Crippen molar-refractivity contribution in [2.75, 3.05) is 27.8 Å². The summed E-state index contributed by atoms with van der Waals surface area (Å²) in [6.45, 7) is 0.984. The van der Waals surface area contributed by atoms with Crippen LogP contribution in [0.1, 0.15) is 12.0 Å². The van der Waals surface area contributed by atoms with E-state index >= 15 is 0 Å². The first-order valence-electron chi connectivity index (χ1n) is 5.34. The smallest absolute Gasteiger partial charge is 0.123 e. The predicted octanol–water partition coefficient (Wildman–Crippen LogP) is 2.33. The first kappa shape index (κ1) is 12.6. The van der Waals surface area contributed by atoms with Crippen molar-refractivity contribution < 1.29 is 9.47 Å². The van der Waals surface area contributed by atoms with Crippen LogP contribution in [0.4, 0.5) is 0 Å². The Morgan fingerprint density at radius 3 is 2.25 bits per heavy atom. The minimum absolute atomic E-state index is 0.813. The van der Waals surface area contributed by atoms with Gasteiger partial charge in [0.1, 0.15) is 11.5 Å². The van der Waals surface area contributed by atoms with Gasteiger partial charge in [0.15, 0.2) is 0 Å². The summed E-state index contributed by atoms with van der Waals surface area (Å²) >= 11 is 0. The fraction of sp³-hybridized carbons (Fsp3) is 0.385. The Morgan fingerprint density at radius 2 is 1.75 bits per heavy atom. The van der Waals surface area contributed by atoms with Crippen LogP contribution in [-0.2, 0) is 0 Å². The number of hydrogen-bond donors (Lipinski definition) is 1. The zero-order valence-electron chi connectivity index (χ0n) is 10.1. The quantitative estimate of drug-likeness (QED) is 0.748. The molecule has 0 saturated heterocycles. The minimum atomic E-state index is 0.813. The van der Waals surface area contributed by atoms with E-state index in [2.05, 4.69) is 17.5 Å². The Hall–Kier alpha value is -1.48. The van der Waals surface area contributed by atoms with Gasteiger partial charge in [-0.05, 0) is 37.7 Å². The number of ether oxygens (including phenoxy) is 2. The lowest BCUT2D eigenvalue weighted by Crippen LogP contribution is -2.05. The molecule has 0 fully saturated rings. The largest absolute Gasteiger partial charge is 0.497 e. The highest BCUT2D eigenvalue weighted by molar-refractivity contribution is 5.55. The van der Waals surface area contributed by atoms with Gasteiger partial charge in [-0.2, -0.15) is 0 Å². The first-order chi connectivity index (χ1) is 7.80. The highest BCUT2D eigenvalue weighted by Crippen LogP contribution is 2.23. The molecular formula is C13H19NO2. The van der Waals surface area contributed by atoms with E-state index in [0.29, 0.717) is 0 Å². The van der Waals surface area contributed by atoms with Crippen LogP contribution in [0, 0.1) is 0 Å². The van der Waals surface area contributed by atoms with E-state index in [1.165, 1.54) is 0 Å². The van der Waals surface area contributed by atoms with Gasteiger partial charge in [0.2, 0.25) is 0 Å². The van der Waals surface area contributed by atoms with E-state index in [-0.39, 0.29) is 0 Å². The van der Waals surface area contributed by atoms with Gasteiger partial charge in [-0.3, -0.25) is 0 Å². The van der Waals surface area contributed by atoms with Crippen LogP contribution >= 0.6 is 0 Å².